The van der Waals surface area contributed by atoms with Gasteiger partial charge in [0.15, 0.2) is 0 Å². The van der Waals surface area contributed by atoms with E-state index in [0.717, 1.165) is 24.7 Å². The molecule has 0 rings (SSSR count). The zero-order valence-corrected chi connectivity index (χ0v) is 9.91. The number of hydrogen-bond donors (Lipinski definition) is 0. The molecule has 0 saturated carbocycles. The lowest BCUT2D eigenvalue weighted by atomic mass is 9.89. The Balaban J connectivity index is 0. The fraction of sp³-hybridized carbons (Fsp3) is 1.00. The third-order valence-electron chi connectivity index (χ3n) is 2.39. The Morgan fingerprint density at radius 2 is 1.69 bits per heavy atom. The summed E-state index contributed by atoms with van der Waals surface area (Å²) in [6, 6.07) is 0. The van der Waals surface area contributed by atoms with Crippen molar-refractivity contribution < 1.29 is 0 Å². The van der Waals surface area contributed by atoms with Crippen LogP contribution in [0.2, 0.25) is 0 Å². The molecule has 0 spiro atoms. The summed E-state index contributed by atoms with van der Waals surface area (Å²) in [4.78, 5) is 0.0221. The molecule has 0 nitrogen and oxygen atoms in total. The van der Waals surface area contributed by atoms with E-state index in [4.69, 9.17) is 11.6 Å². The van der Waals surface area contributed by atoms with E-state index >= 15 is 0 Å². The predicted octanol–water partition coefficient (Wildman–Crippen LogP) is 5.10. The Kier molecular flexibility index (Phi) is 8.12. The number of halogens is 1. The van der Waals surface area contributed by atoms with Crippen molar-refractivity contribution in [3.8, 4) is 0 Å². The summed E-state index contributed by atoms with van der Waals surface area (Å²) in [5.74, 6) is 1.55. The van der Waals surface area contributed by atoms with Crippen LogP contribution in [-0.2, 0) is 0 Å². The van der Waals surface area contributed by atoms with Crippen molar-refractivity contribution >= 4 is 11.6 Å². The topological polar surface area (TPSA) is 0 Å². The minimum atomic E-state index is 0. The minimum absolute atomic E-state index is 0. The van der Waals surface area contributed by atoms with Gasteiger partial charge in [-0.1, -0.05) is 35.1 Å². The maximum Gasteiger partial charge on any atom is 0.0418 e. The van der Waals surface area contributed by atoms with Gasteiger partial charge in [0.2, 0.25) is 0 Å². The van der Waals surface area contributed by atoms with Crippen molar-refractivity contribution in [2.45, 2.75) is 66.2 Å². The number of alkyl halides is 1. The fourth-order valence-electron chi connectivity index (χ4n) is 1.76. The van der Waals surface area contributed by atoms with Crippen molar-refractivity contribution in [1.82, 2.24) is 0 Å². The van der Waals surface area contributed by atoms with Crippen molar-refractivity contribution in [3.63, 3.8) is 0 Å². The van der Waals surface area contributed by atoms with Crippen LogP contribution in [0.4, 0.5) is 0 Å². The smallest absolute Gasteiger partial charge is 0.0418 e. The highest BCUT2D eigenvalue weighted by molar-refractivity contribution is 6.23. The van der Waals surface area contributed by atoms with E-state index in [-0.39, 0.29) is 12.3 Å². The standard InChI is InChI=1S/C11H23Cl.CH4/c1-6-11(5,12)8-10(4)7-9(2)3;/h9-10H,6-8H2,1-5H3;1H4. The first-order valence-electron chi connectivity index (χ1n) is 5.06. The van der Waals surface area contributed by atoms with Gasteiger partial charge in [0.05, 0.1) is 0 Å². The zero-order chi connectivity index (χ0) is 9.78. The highest BCUT2D eigenvalue weighted by atomic mass is 35.5. The minimum Gasteiger partial charge on any atom is -0.120 e. The van der Waals surface area contributed by atoms with Crippen LogP contribution in [0.3, 0.4) is 0 Å². The molecule has 2 unspecified atom stereocenters. The molecule has 13 heavy (non-hydrogen) atoms. The van der Waals surface area contributed by atoms with Gasteiger partial charge in [-0.2, -0.15) is 0 Å². The van der Waals surface area contributed by atoms with E-state index in [1.54, 1.807) is 0 Å². The third-order valence-corrected chi connectivity index (χ3v) is 2.81. The van der Waals surface area contributed by atoms with E-state index in [0.29, 0.717) is 0 Å². The second-order valence-corrected chi connectivity index (χ2v) is 5.62. The van der Waals surface area contributed by atoms with E-state index in [9.17, 15) is 0 Å². The Morgan fingerprint density at radius 1 is 1.23 bits per heavy atom. The van der Waals surface area contributed by atoms with Crippen molar-refractivity contribution in [2.24, 2.45) is 11.8 Å². The first-order chi connectivity index (χ1) is 5.37. The number of hydrogen-bond acceptors (Lipinski definition) is 0. The summed E-state index contributed by atoms with van der Waals surface area (Å²) in [5, 5.41) is 0. The lowest BCUT2D eigenvalue weighted by Gasteiger charge is -2.25. The van der Waals surface area contributed by atoms with E-state index in [1.807, 2.05) is 0 Å². The van der Waals surface area contributed by atoms with E-state index in [2.05, 4.69) is 34.6 Å². The molecule has 82 valence electrons. The molecule has 0 aliphatic carbocycles. The van der Waals surface area contributed by atoms with Gasteiger partial charge >= 0.3 is 0 Å². The predicted molar refractivity (Wildman–Crippen MR) is 64.5 cm³/mol. The van der Waals surface area contributed by atoms with Gasteiger partial charge in [-0.25, -0.2) is 0 Å². The SMILES string of the molecule is C.CCC(C)(Cl)CC(C)CC(C)C. The van der Waals surface area contributed by atoms with Crippen LogP contribution in [0, 0.1) is 11.8 Å². The molecule has 0 aliphatic heterocycles. The molecule has 0 amide bonds. The van der Waals surface area contributed by atoms with Crippen LogP contribution in [0.5, 0.6) is 0 Å². The highest BCUT2D eigenvalue weighted by Crippen LogP contribution is 2.29. The molecular weight excluding hydrogens is 180 g/mol. The highest BCUT2D eigenvalue weighted by Gasteiger charge is 2.21. The van der Waals surface area contributed by atoms with Crippen LogP contribution in [-0.4, -0.2) is 4.87 Å². The van der Waals surface area contributed by atoms with Gasteiger partial charge in [0.1, 0.15) is 0 Å². The summed E-state index contributed by atoms with van der Waals surface area (Å²) in [5.41, 5.74) is 0. The first kappa shape index (κ1) is 15.7. The lowest BCUT2D eigenvalue weighted by molar-refractivity contribution is 0.366. The van der Waals surface area contributed by atoms with Crippen LogP contribution in [0.1, 0.15) is 61.3 Å². The molecule has 0 aliphatic rings. The lowest BCUT2D eigenvalue weighted by Crippen LogP contribution is -2.19. The van der Waals surface area contributed by atoms with Gasteiger partial charge in [0.25, 0.3) is 0 Å². The molecule has 0 aromatic carbocycles. The molecule has 0 N–H and O–H groups in total. The largest absolute Gasteiger partial charge is 0.120 e. The Hall–Kier alpha value is 0.290. The van der Waals surface area contributed by atoms with Crippen LogP contribution in [0.25, 0.3) is 0 Å². The summed E-state index contributed by atoms with van der Waals surface area (Å²) in [6.45, 7) is 11.2. The Morgan fingerprint density at radius 3 is 2.00 bits per heavy atom. The summed E-state index contributed by atoms with van der Waals surface area (Å²) in [7, 11) is 0. The second kappa shape index (κ2) is 6.70. The monoisotopic (exact) mass is 206 g/mol. The van der Waals surface area contributed by atoms with Crippen molar-refractivity contribution in [3.05, 3.63) is 0 Å². The third kappa shape index (κ3) is 8.62. The zero-order valence-electron chi connectivity index (χ0n) is 9.15. The second-order valence-electron chi connectivity index (χ2n) is 4.71. The molecule has 2 atom stereocenters. The Labute approximate surface area is 90.1 Å². The average molecular weight is 207 g/mol. The summed E-state index contributed by atoms with van der Waals surface area (Å²) < 4.78 is 0. The van der Waals surface area contributed by atoms with Gasteiger partial charge < -0.3 is 0 Å². The molecule has 0 saturated heterocycles. The summed E-state index contributed by atoms with van der Waals surface area (Å²) in [6.07, 6.45) is 3.50. The quantitative estimate of drug-likeness (QED) is 0.549. The normalized spacial score (nSPS) is 17.8. The van der Waals surface area contributed by atoms with Gasteiger partial charge in [-0.3, -0.25) is 0 Å². The molecule has 0 heterocycles. The summed E-state index contributed by atoms with van der Waals surface area (Å²) >= 11 is 6.30. The molecule has 0 aromatic rings. The van der Waals surface area contributed by atoms with Gasteiger partial charge in [0, 0.05) is 4.87 Å². The van der Waals surface area contributed by atoms with Crippen molar-refractivity contribution in [2.75, 3.05) is 0 Å². The Bertz CT molecular complexity index is 116. The molecule has 1 heteroatoms. The average Bonchev–Trinajstić information content (AvgIpc) is 1.84. The van der Waals surface area contributed by atoms with Gasteiger partial charge in [-0.15, -0.1) is 11.6 Å². The maximum atomic E-state index is 6.30. The van der Waals surface area contributed by atoms with E-state index in [1.165, 1.54) is 6.42 Å². The fourth-order valence-corrected chi connectivity index (χ4v) is 2.02. The van der Waals surface area contributed by atoms with Crippen LogP contribution >= 0.6 is 11.6 Å². The van der Waals surface area contributed by atoms with Gasteiger partial charge in [-0.05, 0) is 38.0 Å². The molecule has 0 fully saturated rings. The van der Waals surface area contributed by atoms with E-state index < -0.39 is 0 Å². The molecule has 0 aromatic heterocycles. The molecule has 0 radical (unpaired) electrons. The van der Waals surface area contributed by atoms with Crippen LogP contribution < -0.4 is 0 Å². The van der Waals surface area contributed by atoms with Crippen molar-refractivity contribution in [1.29, 1.82) is 0 Å². The van der Waals surface area contributed by atoms with Crippen LogP contribution in [0.15, 0.2) is 0 Å². The molecule has 0 bridgehead atoms. The molecular formula is C12H27Cl. The number of rotatable bonds is 5. The first-order valence-corrected chi connectivity index (χ1v) is 5.44. The maximum absolute atomic E-state index is 6.30.